The molecule has 0 unspecified atom stereocenters. The van der Waals surface area contributed by atoms with Crippen molar-refractivity contribution >= 4 is 35.2 Å². The molecule has 1 aromatic carbocycles. The number of nitrogens with zero attached hydrogens (tertiary/aromatic N) is 6. The molecule has 40 heavy (non-hydrogen) atoms. The minimum absolute atomic E-state index is 0.0239. The van der Waals surface area contributed by atoms with Gasteiger partial charge in [-0.25, -0.2) is 0 Å². The van der Waals surface area contributed by atoms with E-state index in [0.717, 1.165) is 25.9 Å². The van der Waals surface area contributed by atoms with Gasteiger partial charge in [-0.2, -0.15) is 10.2 Å². The minimum Gasteiger partial charge on any atom is -0.378 e. The number of ether oxygens (including phenoxy) is 1. The molecule has 3 heterocycles. The van der Waals surface area contributed by atoms with Gasteiger partial charge < -0.3 is 31.3 Å². The van der Waals surface area contributed by atoms with E-state index in [1.54, 1.807) is 29.2 Å². The zero-order chi connectivity index (χ0) is 29.1. The Hall–Kier alpha value is -4.31. The molecule has 13 nitrogen and oxygen atoms in total. The van der Waals surface area contributed by atoms with E-state index >= 15 is 0 Å². The predicted octanol–water partition coefficient (Wildman–Crippen LogP) is 1.98. The van der Waals surface area contributed by atoms with E-state index in [4.69, 9.17) is 21.5 Å². The van der Waals surface area contributed by atoms with Gasteiger partial charge in [-0.15, -0.1) is 10.2 Å². The van der Waals surface area contributed by atoms with Crippen molar-refractivity contribution in [2.75, 3.05) is 49.6 Å². The van der Waals surface area contributed by atoms with Gasteiger partial charge in [0.25, 0.3) is 11.8 Å². The zero-order valence-corrected chi connectivity index (χ0v) is 23.1. The molecular weight excluding hydrogens is 514 g/mol. The molecule has 1 saturated carbocycles. The average molecular weight is 552 g/mol. The van der Waals surface area contributed by atoms with Gasteiger partial charge in [-0.1, -0.05) is 13.8 Å². The molecule has 2 aromatic rings. The predicted molar refractivity (Wildman–Crippen MR) is 149 cm³/mol. The number of nitriles is 1. The average Bonchev–Trinajstić information content (AvgIpc) is 3.81. The number of anilines is 3. The van der Waals surface area contributed by atoms with Crippen LogP contribution in [0.2, 0.25) is 0 Å². The molecule has 0 atom stereocenters. The fourth-order valence-corrected chi connectivity index (χ4v) is 4.12. The number of hydrogen-bond donors (Lipinski definition) is 3. The second-order valence-electron chi connectivity index (χ2n) is 9.39. The van der Waals surface area contributed by atoms with E-state index in [2.05, 4.69) is 25.4 Å². The second kappa shape index (κ2) is 14.2. The summed E-state index contributed by atoms with van der Waals surface area (Å²) in [4.78, 5) is 43.0. The summed E-state index contributed by atoms with van der Waals surface area (Å²) >= 11 is 0. The van der Waals surface area contributed by atoms with Crippen molar-refractivity contribution in [3.63, 3.8) is 0 Å². The fourth-order valence-electron chi connectivity index (χ4n) is 4.12. The van der Waals surface area contributed by atoms with Crippen molar-refractivity contribution in [3.8, 4) is 6.07 Å². The number of rotatable bonds is 6. The van der Waals surface area contributed by atoms with Crippen LogP contribution in [0.25, 0.3) is 0 Å². The van der Waals surface area contributed by atoms with E-state index in [9.17, 15) is 14.4 Å². The fraction of sp³-hybridized carbons (Fsp3) is 0.519. The molecule has 0 radical (unpaired) electrons. The molecule has 0 spiro atoms. The standard InChI is InChI=1S/C20H25N7O3.C5H6N2O.C2H6/c21-17(28)16-18(23-20(25-24-16)27-8-2-1-3-9-27)22-15-6-4-14(5-7-15)19(29)26-10-12-30-13-11-26;6-3-5(1-2-5)4(7)8;1-2/h4-7H,1-3,8-13H2,(H2,21,28)(H,22,23,25);1-2H2,(H2,7,8);1-2H3. The van der Waals surface area contributed by atoms with Gasteiger partial charge in [0, 0.05) is 37.4 Å². The van der Waals surface area contributed by atoms with Gasteiger partial charge in [-0.3, -0.25) is 14.4 Å². The van der Waals surface area contributed by atoms with Crippen LogP contribution < -0.4 is 21.7 Å². The normalized spacial score (nSPS) is 17.1. The van der Waals surface area contributed by atoms with E-state index in [1.165, 1.54) is 6.42 Å². The highest BCUT2D eigenvalue weighted by atomic mass is 16.5. The molecule has 5 N–H and O–H groups in total. The topological polar surface area (TPSA) is 193 Å². The Morgan fingerprint density at radius 3 is 2.10 bits per heavy atom. The molecule has 3 fully saturated rings. The SMILES string of the molecule is CC.N#CC1(C(N)=O)CC1.NC(=O)c1nnc(N2CCCCC2)nc1Nc1ccc(C(=O)N2CCOCC2)cc1. The van der Waals surface area contributed by atoms with Crippen LogP contribution in [0.5, 0.6) is 0 Å². The van der Waals surface area contributed by atoms with Gasteiger partial charge in [0.15, 0.2) is 11.5 Å². The Kier molecular flexibility index (Phi) is 10.7. The third-order valence-electron chi connectivity index (χ3n) is 6.68. The first-order valence-corrected chi connectivity index (χ1v) is 13.6. The lowest BCUT2D eigenvalue weighted by Crippen LogP contribution is -2.40. The first kappa shape index (κ1) is 30.2. The van der Waals surface area contributed by atoms with Crippen molar-refractivity contribution in [2.24, 2.45) is 16.9 Å². The summed E-state index contributed by atoms with van der Waals surface area (Å²) in [5.41, 5.74) is 10.8. The molecule has 3 aliphatic rings. The van der Waals surface area contributed by atoms with Crippen molar-refractivity contribution in [1.82, 2.24) is 20.1 Å². The van der Waals surface area contributed by atoms with Crippen LogP contribution in [0.4, 0.5) is 17.5 Å². The van der Waals surface area contributed by atoms with Gasteiger partial charge in [0.05, 0.1) is 19.3 Å². The largest absolute Gasteiger partial charge is 0.378 e. The second-order valence-corrected chi connectivity index (χ2v) is 9.39. The zero-order valence-electron chi connectivity index (χ0n) is 23.1. The van der Waals surface area contributed by atoms with Gasteiger partial charge in [0.1, 0.15) is 5.41 Å². The summed E-state index contributed by atoms with van der Waals surface area (Å²) in [5.74, 6) is -0.479. The monoisotopic (exact) mass is 551 g/mol. The van der Waals surface area contributed by atoms with Crippen LogP contribution in [0.15, 0.2) is 24.3 Å². The number of carbonyl (C=O) groups excluding carboxylic acids is 3. The molecule has 1 aliphatic carbocycles. The maximum atomic E-state index is 12.6. The Morgan fingerprint density at radius 1 is 0.975 bits per heavy atom. The van der Waals surface area contributed by atoms with Gasteiger partial charge in [0.2, 0.25) is 11.9 Å². The molecule has 1 aromatic heterocycles. The highest BCUT2D eigenvalue weighted by Crippen LogP contribution is 2.44. The first-order valence-electron chi connectivity index (χ1n) is 13.6. The molecule has 214 valence electrons. The third-order valence-corrected chi connectivity index (χ3v) is 6.68. The smallest absolute Gasteiger partial charge is 0.273 e. The summed E-state index contributed by atoms with van der Waals surface area (Å²) < 4.78 is 5.29. The summed E-state index contributed by atoms with van der Waals surface area (Å²) in [6.07, 6.45) is 4.63. The molecule has 5 rings (SSSR count). The lowest BCUT2D eigenvalue weighted by molar-refractivity contribution is -0.121. The Bertz CT molecular complexity index is 1210. The summed E-state index contributed by atoms with van der Waals surface area (Å²) in [5, 5.41) is 19.4. The highest BCUT2D eigenvalue weighted by molar-refractivity contribution is 5.97. The lowest BCUT2D eigenvalue weighted by atomic mass is 10.1. The van der Waals surface area contributed by atoms with E-state index < -0.39 is 17.2 Å². The Morgan fingerprint density at radius 2 is 1.60 bits per heavy atom. The van der Waals surface area contributed by atoms with Crippen LogP contribution in [-0.4, -0.2) is 77.2 Å². The van der Waals surface area contributed by atoms with Crippen LogP contribution in [-0.2, 0) is 9.53 Å². The third kappa shape index (κ3) is 7.63. The minimum atomic E-state index is -0.764. The lowest BCUT2D eigenvalue weighted by Gasteiger charge is -2.27. The van der Waals surface area contributed by atoms with Crippen LogP contribution in [0, 0.1) is 16.7 Å². The van der Waals surface area contributed by atoms with Crippen LogP contribution >= 0.6 is 0 Å². The van der Waals surface area contributed by atoms with Crippen LogP contribution in [0.1, 0.15) is 66.8 Å². The van der Waals surface area contributed by atoms with Crippen LogP contribution in [0.3, 0.4) is 0 Å². The van der Waals surface area contributed by atoms with Crippen molar-refractivity contribution in [3.05, 3.63) is 35.5 Å². The number of nitrogens with one attached hydrogen (secondary N) is 1. The molecule has 13 heteroatoms. The Labute approximate surface area is 233 Å². The molecule has 2 aliphatic heterocycles. The van der Waals surface area contributed by atoms with Gasteiger partial charge >= 0.3 is 0 Å². The number of morpholine rings is 1. The number of benzene rings is 1. The first-order chi connectivity index (χ1) is 19.3. The van der Waals surface area contributed by atoms with E-state index in [1.807, 2.05) is 19.9 Å². The van der Waals surface area contributed by atoms with Crippen molar-refractivity contribution < 1.29 is 19.1 Å². The van der Waals surface area contributed by atoms with E-state index in [0.29, 0.717) is 56.3 Å². The number of aromatic nitrogens is 3. The van der Waals surface area contributed by atoms with Crippen molar-refractivity contribution in [1.29, 1.82) is 5.26 Å². The summed E-state index contributed by atoms with van der Waals surface area (Å²) in [7, 11) is 0. The molecule has 2 saturated heterocycles. The van der Waals surface area contributed by atoms with Gasteiger partial charge in [-0.05, 0) is 56.4 Å². The summed E-state index contributed by atoms with van der Waals surface area (Å²) in [6, 6.07) is 8.89. The number of piperidine rings is 1. The maximum absolute atomic E-state index is 12.6. The Balaban J connectivity index is 0.000000376. The molecular formula is C27H37N9O4. The number of amides is 3. The van der Waals surface area contributed by atoms with Crippen molar-refractivity contribution in [2.45, 2.75) is 46.0 Å². The number of nitrogens with two attached hydrogens (primary N) is 2. The number of primary amides is 2. The summed E-state index contributed by atoms with van der Waals surface area (Å²) in [6.45, 7) is 8.01. The molecule has 3 amide bonds. The highest BCUT2D eigenvalue weighted by Gasteiger charge is 2.49. The quantitative estimate of drug-likeness (QED) is 0.478. The van der Waals surface area contributed by atoms with E-state index in [-0.39, 0.29) is 17.4 Å². The number of carbonyl (C=O) groups is 3. The molecule has 0 bridgehead atoms. The number of hydrogen-bond acceptors (Lipinski definition) is 10. The maximum Gasteiger partial charge on any atom is 0.273 e.